The Labute approximate surface area is 233 Å². The molecule has 0 saturated carbocycles. The molecule has 2 aromatic heterocycles. The number of nitrogens with zero attached hydrogens (tertiary/aromatic N) is 4. The van der Waals surface area contributed by atoms with Crippen LogP contribution < -0.4 is 4.90 Å². The fourth-order valence-corrected chi connectivity index (χ4v) is 5.98. The third kappa shape index (κ3) is 5.14. The van der Waals surface area contributed by atoms with Gasteiger partial charge in [-0.1, -0.05) is 18.1 Å². The van der Waals surface area contributed by atoms with Crippen molar-refractivity contribution >= 4 is 22.6 Å². The van der Waals surface area contributed by atoms with E-state index in [-0.39, 0.29) is 18.1 Å². The Morgan fingerprint density at radius 2 is 1.93 bits per heavy atom. The van der Waals surface area contributed by atoms with Crippen LogP contribution in [-0.2, 0) is 9.53 Å². The highest BCUT2D eigenvalue weighted by Gasteiger charge is 2.35. The minimum Gasteiger partial charge on any atom is -0.381 e. The lowest BCUT2D eigenvalue weighted by Gasteiger charge is -2.36. The average Bonchev–Trinajstić information content (AvgIpc) is 3.49. The predicted molar refractivity (Wildman–Crippen MR) is 150 cm³/mol. The van der Waals surface area contributed by atoms with Gasteiger partial charge in [0, 0.05) is 36.9 Å². The number of carbonyl (C=O) groups is 1. The van der Waals surface area contributed by atoms with Gasteiger partial charge in [-0.05, 0) is 82.7 Å². The second kappa shape index (κ2) is 11.5. The first-order valence-electron chi connectivity index (χ1n) is 14.0. The van der Waals surface area contributed by atoms with Crippen molar-refractivity contribution in [2.45, 2.75) is 84.4 Å². The molecule has 1 saturated heterocycles. The summed E-state index contributed by atoms with van der Waals surface area (Å²) in [6.45, 7) is 8.07. The van der Waals surface area contributed by atoms with E-state index in [9.17, 15) is 13.6 Å². The van der Waals surface area contributed by atoms with E-state index in [1.807, 2.05) is 26.0 Å². The van der Waals surface area contributed by atoms with Crippen LogP contribution in [0, 0.1) is 25.5 Å². The smallest absolute Gasteiger partial charge is 0.227 e. The first kappa shape index (κ1) is 28.0. The van der Waals surface area contributed by atoms with Crippen molar-refractivity contribution in [2.24, 2.45) is 0 Å². The standard InChI is InChI=1S/C31H36F2N4O3/c1-6-23(39-5)13-10-18(2)36-27-15-11-21(30-19(3)35-40-20(30)4)16-26(27)34-31(36)28-8-7-9-29(38)37(28)22-12-14-24(32)25(33)17-22/h11-12,14-18,23,28H,6-10,13H2,1-5H3/t18-,23-,28+/m0/s1. The van der Waals surface area contributed by atoms with E-state index in [4.69, 9.17) is 14.2 Å². The predicted octanol–water partition coefficient (Wildman–Crippen LogP) is 7.61. The number of piperidine rings is 1. The molecule has 3 atom stereocenters. The van der Waals surface area contributed by atoms with Crippen LogP contribution in [0.3, 0.4) is 0 Å². The molecule has 0 spiro atoms. The summed E-state index contributed by atoms with van der Waals surface area (Å²) in [6.07, 6.45) is 4.49. The third-order valence-electron chi connectivity index (χ3n) is 8.10. The molecule has 5 rings (SSSR count). The lowest BCUT2D eigenvalue weighted by Crippen LogP contribution is -2.40. The van der Waals surface area contributed by atoms with E-state index < -0.39 is 17.7 Å². The molecule has 0 N–H and O–H groups in total. The summed E-state index contributed by atoms with van der Waals surface area (Å²) in [7, 11) is 1.74. The van der Waals surface area contributed by atoms with Crippen LogP contribution in [0.5, 0.6) is 0 Å². The van der Waals surface area contributed by atoms with Gasteiger partial charge in [-0.15, -0.1) is 0 Å². The molecule has 2 aromatic carbocycles. The van der Waals surface area contributed by atoms with Gasteiger partial charge in [0.25, 0.3) is 0 Å². The molecule has 40 heavy (non-hydrogen) atoms. The molecule has 0 unspecified atom stereocenters. The van der Waals surface area contributed by atoms with Crippen LogP contribution in [-0.4, -0.2) is 33.8 Å². The quantitative estimate of drug-likeness (QED) is 0.214. The molecule has 0 aliphatic carbocycles. The molecule has 212 valence electrons. The number of carbonyl (C=O) groups excluding carboxylic acids is 1. The number of fused-ring (bicyclic) bond motifs is 1. The molecule has 1 aliphatic heterocycles. The van der Waals surface area contributed by atoms with E-state index in [1.165, 1.54) is 6.07 Å². The van der Waals surface area contributed by atoms with Gasteiger partial charge < -0.3 is 18.7 Å². The minimum absolute atomic E-state index is 0.0537. The minimum atomic E-state index is -0.981. The molecule has 7 nitrogen and oxygen atoms in total. The van der Waals surface area contributed by atoms with Gasteiger partial charge in [0.05, 0.1) is 28.9 Å². The number of halogens is 2. The zero-order valence-corrected chi connectivity index (χ0v) is 23.7. The number of imidazole rings is 1. The van der Waals surface area contributed by atoms with Gasteiger partial charge in [-0.3, -0.25) is 4.79 Å². The highest BCUT2D eigenvalue weighted by molar-refractivity contribution is 5.95. The van der Waals surface area contributed by atoms with Crippen LogP contribution in [0.1, 0.15) is 81.7 Å². The molecule has 1 fully saturated rings. The molecule has 1 amide bonds. The Hall–Kier alpha value is -3.59. The SMILES string of the molecule is CC[C@@H](CC[C@H](C)n1c([C@H]2CCCC(=O)N2c2ccc(F)c(F)c2)nc2cc(-c3c(C)noc3C)ccc21)OC. The molecule has 1 aliphatic rings. The van der Waals surface area contributed by atoms with Crippen LogP contribution >= 0.6 is 0 Å². The molecule has 9 heteroatoms. The Balaban J connectivity index is 1.64. The summed E-state index contributed by atoms with van der Waals surface area (Å²) in [5, 5.41) is 4.11. The largest absolute Gasteiger partial charge is 0.381 e. The molecular formula is C31H36F2N4O3. The molecule has 4 aromatic rings. The third-order valence-corrected chi connectivity index (χ3v) is 8.10. The number of amides is 1. The van der Waals surface area contributed by atoms with Crippen molar-refractivity contribution in [1.82, 2.24) is 14.7 Å². The second-order valence-electron chi connectivity index (χ2n) is 10.7. The van der Waals surface area contributed by atoms with Gasteiger partial charge in [-0.25, -0.2) is 13.8 Å². The van der Waals surface area contributed by atoms with Crippen molar-refractivity contribution < 1.29 is 22.8 Å². The molecule has 0 bridgehead atoms. The van der Waals surface area contributed by atoms with Gasteiger partial charge in [0.1, 0.15) is 11.6 Å². The number of hydrogen-bond donors (Lipinski definition) is 0. The Kier molecular flexibility index (Phi) is 8.03. The highest BCUT2D eigenvalue weighted by Crippen LogP contribution is 2.40. The maximum absolute atomic E-state index is 14.3. The Bertz CT molecular complexity index is 1510. The zero-order chi connectivity index (χ0) is 28.6. The van der Waals surface area contributed by atoms with Crippen LogP contribution in [0.4, 0.5) is 14.5 Å². The second-order valence-corrected chi connectivity index (χ2v) is 10.7. The summed E-state index contributed by atoms with van der Waals surface area (Å²) in [6, 6.07) is 9.40. The normalized spacial score (nSPS) is 17.5. The molecule has 0 radical (unpaired) electrons. The van der Waals surface area contributed by atoms with Crippen molar-refractivity contribution in [3.05, 3.63) is 65.3 Å². The lowest BCUT2D eigenvalue weighted by atomic mass is 9.98. The maximum atomic E-state index is 14.3. The summed E-state index contributed by atoms with van der Waals surface area (Å²) in [5.74, 6) is -0.582. The van der Waals surface area contributed by atoms with Crippen molar-refractivity contribution in [1.29, 1.82) is 0 Å². The average molecular weight is 551 g/mol. The number of rotatable bonds is 9. The van der Waals surface area contributed by atoms with Crippen molar-refractivity contribution in [3.63, 3.8) is 0 Å². The number of aryl methyl sites for hydroxylation is 2. The molecular weight excluding hydrogens is 514 g/mol. The van der Waals surface area contributed by atoms with Gasteiger partial charge in [0.2, 0.25) is 5.91 Å². The van der Waals surface area contributed by atoms with E-state index in [0.717, 1.165) is 70.8 Å². The number of hydrogen-bond acceptors (Lipinski definition) is 5. The summed E-state index contributed by atoms with van der Waals surface area (Å²) >= 11 is 0. The van der Waals surface area contributed by atoms with Crippen LogP contribution in [0.2, 0.25) is 0 Å². The summed E-state index contributed by atoms with van der Waals surface area (Å²) in [4.78, 5) is 20.0. The van der Waals surface area contributed by atoms with Crippen molar-refractivity contribution in [3.8, 4) is 11.1 Å². The number of benzene rings is 2. The Morgan fingerprint density at radius 1 is 1.12 bits per heavy atom. The topological polar surface area (TPSA) is 73.4 Å². The van der Waals surface area contributed by atoms with Gasteiger partial charge >= 0.3 is 0 Å². The fourth-order valence-electron chi connectivity index (χ4n) is 5.98. The number of anilines is 1. The summed E-state index contributed by atoms with van der Waals surface area (Å²) in [5.41, 5.74) is 4.77. The number of methoxy groups -OCH3 is 1. The first-order chi connectivity index (χ1) is 19.2. The highest BCUT2D eigenvalue weighted by atomic mass is 19.2. The zero-order valence-electron chi connectivity index (χ0n) is 23.7. The summed E-state index contributed by atoms with van der Waals surface area (Å²) < 4.78 is 41.3. The lowest BCUT2D eigenvalue weighted by molar-refractivity contribution is -0.120. The number of aromatic nitrogens is 3. The maximum Gasteiger partial charge on any atom is 0.227 e. The van der Waals surface area contributed by atoms with Crippen LogP contribution in [0.15, 0.2) is 40.9 Å². The van der Waals surface area contributed by atoms with E-state index in [0.29, 0.717) is 24.9 Å². The van der Waals surface area contributed by atoms with Crippen molar-refractivity contribution in [2.75, 3.05) is 12.0 Å². The van der Waals surface area contributed by atoms with E-state index >= 15 is 0 Å². The number of ether oxygens (including phenoxy) is 1. The fraction of sp³-hybridized carbons (Fsp3) is 0.452. The molecule has 3 heterocycles. The Morgan fingerprint density at radius 3 is 2.60 bits per heavy atom. The monoisotopic (exact) mass is 550 g/mol. The van der Waals surface area contributed by atoms with E-state index in [1.54, 1.807) is 12.0 Å². The van der Waals surface area contributed by atoms with Gasteiger partial charge in [0.15, 0.2) is 11.6 Å². The van der Waals surface area contributed by atoms with E-state index in [2.05, 4.69) is 29.6 Å². The first-order valence-corrected chi connectivity index (χ1v) is 14.0. The van der Waals surface area contributed by atoms with Gasteiger partial charge in [-0.2, -0.15) is 0 Å². The van der Waals surface area contributed by atoms with Crippen LogP contribution in [0.25, 0.3) is 22.2 Å².